The van der Waals surface area contributed by atoms with Crippen molar-refractivity contribution in [3.63, 3.8) is 0 Å². The summed E-state index contributed by atoms with van der Waals surface area (Å²) in [6.07, 6.45) is 0. The van der Waals surface area contributed by atoms with Crippen molar-refractivity contribution in [2.24, 2.45) is 0 Å². The molecule has 0 heterocycles. The van der Waals surface area contributed by atoms with Gasteiger partial charge in [0.2, 0.25) is 0 Å². The number of thiocarbonyl (C=S) groups is 1. The Labute approximate surface area is 48.0 Å². The quantitative estimate of drug-likeness (QED) is 0.366. The highest BCUT2D eigenvalue weighted by atomic mass is 32.1. The normalized spacial score (nSPS) is 7.71. The van der Waals surface area contributed by atoms with E-state index < -0.39 is 0 Å². The van der Waals surface area contributed by atoms with E-state index in [0.29, 0.717) is 5.11 Å². The van der Waals surface area contributed by atoms with Gasteiger partial charge in [-0.3, -0.25) is 4.84 Å². The predicted molar refractivity (Wildman–Crippen MR) is 31.8 cm³/mol. The van der Waals surface area contributed by atoms with Crippen LogP contribution in [0.2, 0.25) is 0 Å². The van der Waals surface area contributed by atoms with Crippen LogP contribution >= 0.6 is 12.2 Å². The van der Waals surface area contributed by atoms with Gasteiger partial charge in [-0.05, 0) is 12.2 Å². The van der Waals surface area contributed by atoms with Crippen molar-refractivity contribution in [2.75, 3.05) is 14.2 Å². The molecular formula is C3H8N2OS. The third-order valence-corrected chi connectivity index (χ3v) is 0.709. The topological polar surface area (TPSA) is 33.3 Å². The van der Waals surface area contributed by atoms with E-state index in [1.807, 2.05) is 0 Å². The van der Waals surface area contributed by atoms with E-state index in [1.54, 1.807) is 7.05 Å². The van der Waals surface area contributed by atoms with Crippen molar-refractivity contribution < 1.29 is 4.84 Å². The fourth-order valence-electron chi connectivity index (χ4n) is 0.144. The Morgan fingerprint density at radius 2 is 2.29 bits per heavy atom. The lowest BCUT2D eigenvalue weighted by Gasteiger charge is -2.00. The number of hydroxylamine groups is 1. The van der Waals surface area contributed by atoms with E-state index in [-0.39, 0.29) is 0 Å². The minimum Gasteiger partial charge on any atom is -0.364 e. The molecule has 0 saturated heterocycles. The predicted octanol–water partition coefficient (Wildman–Crippen LogP) is -0.358. The molecule has 0 atom stereocenters. The Kier molecular flexibility index (Phi) is 3.64. The van der Waals surface area contributed by atoms with E-state index >= 15 is 0 Å². The molecular weight excluding hydrogens is 112 g/mol. The molecule has 0 aromatic carbocycles. The van der Waals surface area contributed by atoms with Crippen LogP contribution in [-0.4, -0.2) is 19.3 Å². The smallest absolute Gasteiger partial charge is 0.190 e. The van der Waals surface area contributed by atoms with Gasteiger partial charge < -0.3 is 5.32 Å². The van der Waals surface area contributed by atoms with Crippen LogP contribution in [0.1, 0.15) is 0 Å². The van der Waals surface area contributed by atoms with E-state index in [2.05, 4.69) is 27.9 Å². The molecule has 0 bridgehead atoms. The van der Waals surface area contributed by atoms with Crippen molar-refractivity contribution >= 4 is 17.3 Å². The first kappa shape index (κ1) is 6.65. The van der Waals surface area contributed by atoms with Crippen molar-refractivity contribution in [3.8, 4) is 0 Å². The first-order valence-corrected chi connectivity index (χ1v) is 2.22. The number of hydrogen-bond acceptors (Lipinski definition) is 2. The standard InChI is InChI=1S/C3H8N2OS/c1-4-3(7)5-6-2/h1-2H3,(H2,4,5,7). The third-order valence-electron chi connectivity index (χ3n) is 0.422. The van der Waals surface area contributed by atoms with Crippen molar-refractivity contribution in [2.45, 2.75) is 0 Å². The summed E-state index contributed by atoms with van der Waals surface area (Å²) in [7, 11) is 3.22. The number of nitrogens with one attached hydrogen (secondary N) is 2. The van der Waals surface area contributed by atoms with Crippen LogP contribution in [-0.2, 0) is 4.84 Å². The highest BCUT2D eigenvalue weighted by Gasteiger charge is 1.81. The van der Waals surface area contributed by atoms with Gasteiger partial charge in [0.15, 0.2) is 5.11 Å². The van der Waals surface area contributed by atoms with Gasteiger partial charge in [0, 0.05) is 7.05 Å². The van der Waals surface area contributed by atoms with Gasteiger partial charge >= 0.3 is 0 Å². The highest BCUT2D eigenvalue weighted by molar-refractivity contribution is 7.80. The lowest BCUT2D eigenvalue weighted by atomic mass is 11.1. The molecule has 3 nitrogen and oxygen atoms in total. The number of hydrogen-bond donors (Lipinski definition) is 2. The third kappa shape index (κ3) is 3.48. The highest BCUT2D eigenvalue weighted by Crippen LogP contribution is 1.58. The molecule has 0 aliphatic carbocycles. The molecule has 4 heteroatoms. The second kappa shape index (κ2) is 3.83. The van der Waals surface area contributed by atoms with Crippen LogP contribution < -0.4 is 10.8 Å². The fraction of sp³-hybridized carbons (Fsp3) is 0.667. The Morgan fingerprint density at radius 1 is 1.71 bits per heavy atom. The maximum absolute atomic E-state index is 4.61. The monoisotopic (exact) mass is 120 g/mol. The molecule has 0 fully saturated rings. The Bertz CT molecular complexity index is 66.0. The molecule has 0 aliphatic heterocycles. The molecule has 2 N–H and O–H groups in total. The fourth-order valence-corrected chi connectivity index (χ4v) is 0.227. The zero-order valence-electron chi connectivity index (χ0n) is 4.32. The minimum atomic E-state index is 0.488. The van der Waals surface area contributed by atoms with Crippen LogP contribution in [0.5, 0.6) is 0 Å². The molecule has 7 heavy (non-hydrogen) atoms. The first-order chi connectivity index (χ1) is 3.31. The summed E-state index contributed by atoms with van der Waals surface area (Å²) in [5, 5.41) is 3.15. The van der Waals surface area contributed by atoms with Gasteiger partial charge in [-0.1, -0.05) is 0 Å². The zero-order chi connectivity index (χ0) is 5.70. The molecule has 0 rings (SSSR count). The summed E-state index contributed by atoms with van der Waals surface area (Å²) in [6, 6.07) is 0. The molecule has 0 aliphatic rings. The van der Waals surface area contributed by atoms with Gasteiger partial charge in [-0.25, -0.2) is 5.48 Å². The molecule has 0 radical (unpaired) electrons. The summed E-state index contributed by atoms with van der Waals surface area (Å²) in [5.74, 6) is 0. The van der Waals surface area contributed by atoms with Crippen LogP contribution in [0.25, 0.3) is 0 Å². The lowest BCUT2D eigenvalue weighted by Crippen LogP contribution is -2.31. The second-order valence-electron chi connectivity index (χ2n) is 0.885. The zero-order valence-corrected chi connectivity index (χ0v) is 5.13. The van der Waals surface area contributed by atoms with E-state index in [9.17, 15) is 0 Å². The van der Waals surface area contributed by atoms with Crippen molar-refractivity contribution in [3.05, 3.63) is 0 Å². The summed E-state index contributed by atoms with van der Waals surface area (Å²) >= 11 is 4.61. The Hall–Kier alpha value is -0.350. The van der Waals surface area contributed by atoms with E-state index in [0.717, 1.165) is 0 Å². The van der Waals surface area contributed by atoms with Gasteiger partial charge in [-0.2, -0.15) is 0 Å². The molecule has 0 amide bonds. The number of rotatable bonds is 1. The van der Waals surface area contributed by atoms with Gasteiger partial charge in [0.05, 0.1) is 7.11 Å². The Balaban J connectivity index is 3.00. The lowest BCUT2D eigenvalue weighted by molar-refractivity contribution is 0.144. The van der Waals surface area contributed by atoms with Crippen molar-refractivity contribution in [1.82, 2.24) is 10.8 Å². The Morgan fingerprint density at radius 3 is 2.43 bits per heavy atom. The van der Waals surface area contributed by atoms with Crippen LogP contribution in [0.4, 0.5) is 0 Å². The largest absolute Gasteiger partial charge is 0.364 e. The van der Waals surface area contributed by atoms with Crippen LogP contribution in [0.15, 0.2) is 0 Å². The van der Waals surface area contributed by atoms with Crippen LogP contribution in [0.3, 0.4) is 0 Å². The summed E-state index contributed by atoms with van der Waals surface area (Å²) in [4.78, 5) is 4.44. The molecule has 0 saturated carbocycles. The average Bonchev–Trinajstić information content (AvgIpc) is 1.68. The first-order valence-electron chi connectivity index (χ1n) is 1.82. The summed E-state index contributed by atoms with van der Waals surface area (Å²) < 4.78 is 0. The molecule has 42 valence electrons. The van der Waals surface area contributed by atoms with E-state index in [1.165, 1.54) is 7.11 Å². The summed E-state index contributed by atoms with van der Waals surface area (Å²) in [5.41, 5.74) is 2.42. The summed E-state index contributed by atoms with van der Waals surface area (Å²) in [6.45, 7) is 0. The molecule has 0 unspecified atom stereocenters. The maximum Gasteiger partial charge on any atom is 0.190 e. The molecule has 0 aromatic heterocycles. The maximum atomic E-state index is 4.61. The minimum absolute atomic E-state index is 0.488. The van der Waals surface area contributed by atoms with Crippen molar-refractivity contribution in [1.29, 1.82) is 0 Å². The van der Waals surface area contributed by atoms with Gasteiger partial charge in [0.1, 0.15) is 0 Å². The van der Waals surface area contributed by atoms with Crippen LogP contribution in [0, 0.1) is 0 Å². The SMILES string of the molecule is CNC(=S)NOC. The average molecular weight is 120 g/mol. The van der Waals surface area contributed by atoms with Gasteiger partial charge in [0.25, 0.3) is 0 Å². The molecule has 0 aromatic rings. The second-order valence-corrected chi connectivity index (χ2v) is 1.29. The van der Waals surface area contributed by atoms with Gasteiger partial charge in [-0.15, -0.1) is 0 Å². The molecule has 0 spiro atoms. The van der Waals surface area contributed by atoms with E-state index in [4.69, 9.17) is 0 Å².